The van der Waals surface area contributed by atoms with Gasteiger partial charge in [0.15, 0.2) is 6.23 Å². The van der Waals surface area contributed by atoms with E-state index in [0.717, 1.165) is 18.5 Å². The van der Waals surface area contributed by atoms with Crippen LogP contribution in [0.1, 0.15) is 25.3 Å². The van der Waals surface area contributed by atoms with Gasteiger partial charge in [0.1, 0.15) is 0 Å². The number of aliphatic carboxylic acids is 2. The molecule has 1 heterocycles. The van der Waals surface area contributed by atoms with Gasteiger partial charge in [0.05, 0.1) is 6.61 Å². The summed E-state index contributed by atoms with van der Waals surface area (Å²) >= 11 is 0. The van der Waals surface area contributed by atoms with E-state index in [1.807, 2.05) is 42.2 Å². The number of nitrogens with zero attached hydrogens (tertiary/aromatic N) is 1. The minimum atomic E-state index is -1.82. The molecule has 0 amide bonds. The first-order chi connectivity index (χ1) is 12.8. The standard InChI is InChI=1S/C15H22N2O4.C2H2O4/c1-2-17-10-13(8-9-14(17)21-15(18)19)16-20-11-12-6-4-3-5-7-12;3-1(4)2(5)6/h3-7,13-14,16H,2,8-11H2,1H3,(H,18,19);(H,3,4)(H,5,6)/t13?,14-;/m0./s1. The number of hydroxylamine groups is 1. The monoisotopic (exact) mass is 384 g/mol. The second-order valence-electron chi connectivity index (χ2n) is 5.70. The molecule has 1 unspecified atom stereocenters. The molecule has 10 heteroatoms. The first kappa shape index (κ1) is 22.4. The molecule has 0 aliphatic carbocycles. The SMILES string of the molecule is CCN1CC(NOCc2ccccc2)CC[C@@H]1OC(=O)O.O=C(O)C(=O)O. The Labute approximate surface area is 156 Å². The van der Waals surface area contributed by atoms with Gasteiger partial charge in [0.2, 0.25) is 0 Å². The Hall–Kier alpha value is -2.69. The Kier molecular flexibility index (Phi) is 9.80. The lowest BCUT2D eigenvalue weighted by atomic mass is 10.1. The van der Waals surface area contributed by atoms with E-state index in [0.29, 0.717) is 19.6 Å². The number of carboxylic acids is 2. The molecule has 1 aromatic rings. The molecule has 1 saturated heterocycles. The van der Waals surface area contributed by atoms with Crippen LogP contribution in [0.4, 0.5) is 4.79 Å². The summed E-state index contributed by atoms with van der Waals surface area (Å²) in [5.74, 6) is -3.65. The Balaban J connectivity index is 0.000000527. The van der Waals surface area contributed by atoms with E-state index in [1.54, 1.807) is 0 Å². The lowest BCUT2D eigenvalue weighted by Gasteiger charge is -2.37. The van der Waals surface area contributed by atoms with Gasteiger partial charge in [-0.25, -0.2) is 14.4 Å². The summed E-state index contributed by atoms with van der Waals surface area (Å²) < 4.78 is 4.89. The van der Waals surface area contributed by atoms with Crippen molar-refractivity contribution in [1.82, 2.24) is 10.4 Å². The summed E-state index contributed by atoms with van der Waals surface area (Å²) in [4.78, 5) is 36.4. The van der Waals surface area contributed by atoms with Crippen molar-refractivity contribution < 1.29 is 39.3 Å². The van der Waals surface area contributed by atoms with Crippen LogP contribution in [-0.4, -0.2) is 63.7 Å². The number of hydrogen-bond acceptors (Lipinski definition) is 7. The fraction of sp³-hybridized carbons (Fsp3) is 0.471. The Morgan fingerprint density at radius 1 is 1.11 bits per heavy atom. The van der Waals surface area contributed by atoms with Crippen LogP contribution in [0.3, 0.4) is 0 Å². The number of carboxylic acid groups (broad SMARTS) is 3. The lowest BCUT2D eigenvalue weighted by Crippen LogP contribution is -2.51. The molecule has 1 fully saturated rings. The van der Waals surface area contributed by atoms with Gasteiger partial charge in [-0.1, -0.05) is 37.3 Å². The number of carbonyl (C=O) groups is 3. The van der Waals surface area contributed by atoms with Crippen molar-refractivity contribution in [2.75, 3.05) is 13.1 Å². The number of nitrogens with one attached hydrogen (secondary N) is 1. The predicted octanol–water partition coefficient (Wildman–Crippen LogP) is 1.37. The quantitative estimate of drug-likeness (QED) is 0.322. The average Bonchev–Trinajstić information content (AvgIpc) is 2.63. The molecule has 2 atom stereocenters. The summed E-state index contributed by atoms with van der Waals surface area (Å²) in [6.07, 6.45) is -0.0692. The average molecular weight is 384 g/mol. The summed E-state index contributed by atoms with van der Waals surface area (Å²) in [6.45, 7) is 3.96. The topological polar surface area (TPSA) is 146 Å². The van der Waals surface area contributed by atoms with Crippen LogP contribution in [0.2, 0.25) is 0 Å². The predicted molar refractivity (Wildman–Crippen MR) is 92.8 cm³/mol. The molecule has 4 N–H and O–H groups in total. The zero-order valence-corrected chi connectivity index (χ0v) is 14.9. The van der Waals surface area contributed by atoms with Gasteiger partial charge in [0.25, 0.3) is 0 Å². The molecule has 2 rings (SSSR count). The molecule has 1 aromatic carbocycles. The van der Waals surface area contributed by atoms with E-state index < -0.39 is 18.1 Å². The molecule has 0 spiro atoms. The molecule has 150 valence electrons. The van der Waals surface area contributed by atoms with Crippen molar-refractivity contribution in [3.05, 3.63) is 35.9 Å². The van der Waals surface area contributed by atoms with Crippen molar-refractivity contribution in [3.8, 4) is 0 Å². The molecular formula is C17H24N2O8. The van der Waals surface area contributed by atoms with Gasteiger partial charge in [-0.15, -0.1) is 0 Å². The van der Waals surface area contributed by atoms with Gasteiger partial charge in [-0.05, 0) is 18.5 Å². The highest BCUT2D eigenvalue weighted by Crippen LogP contribution is 2.18. The normalized spacial score (nSPS) is 19.4. The Bertz CT molecular complexity index is 598. The second-order valence-corrected chi connectivity index (χ2v) is 5.70. The van der Waals surface area contributed by atoms with Crippen LogP contribution in [0.15, 0.2) is 30.3 Å². The molecule has 1 aliphatic heterocycles. The maximum absolute atomic E-state index is 10.7. The molecule has 0 aromatic heterocycles. The number of likely N-dealkylation sites (tertiary alicyclic amines) is 1. The van der Waals surface area contributed by atoms with Gasteiger partial charge < -0.3 is 20.1 Å². The smallest absolute Gasteiger partial charge is 0.473 e. The van der Waals surface area contributed by atoms with Crippen LogP contribution >= 0.6 is 0 Å². The number of ether oxygens (including phenoxy) is 1. The number of likely N-dealkylation sites (N-methyl/N-ethyl adjacent to an activating group) is 1. The van der Waals surface area contributed by atoms with E-state index in [-0.39, 0.29) is 12.3 Å². The number of piperidine rings is 1. The van der Waals surface area contributed by atoms with Crippen molar-refractivity contribution in [3.63, 3.8) is 0 Å². The lowest BCUT2D eigenvalue weighted by molar-refractivity contribution is -0.159. The van der Waals surface area contributed by atoms with Crippen LogP contribution < -0.4 is 5.48 Å². The van der Waals surface area contributed by atoms with Crippen molar-refractivity contribution in [2.24, 2.45) is 0 Å². The third-order valence-electron chi connectivity index (χ3n) is 3.78. The van der Waals surface area contributed by atoms with Crippen LogP contribution in [-0.2, 0) is 25.8 Å². The van der Waals surface area contributed by atoms with Crippen molar-refractivity contribution in [1.29, 1.82) is 0 Å². The molecule has 0 saturated carbocycles. The maximum atomic E-state index is 10.7. The van der Waals surface area contributed by atoms with E-state index in [9.17, 15) is 4.79 Å². The van der Waals surface area contributed by atoms with E-state index in [2.05, 4.69) is 5.48 Å². The fourth-order valence-corrected chi connectivity index (χ4v) is 2.51. The number of benzene rings is 1. The third-order valence-corrected chi connectivity index (χ3v) is 3.78. The molecule has 0 radical (unpaired) electrons. The molecular weight excluding hydrogens is 360 g/mol. The van der Waals surface area contributed by atoms with Gasteiger partial charge in [0, 0.05) is 19.0 Å². The van der Waals surface area contributed by atoms with E-state index >= 15 is 0 Å². The van der Waals surface area contributed by atoms with Gasteiger partial charge >= 0.3 is 18.1 Å². The third kappa shape index (κ3) is 8.99. The summed E-state index contributed by atoms with van der Waals surface area (Å²) in [6, 6.07) is 10.1. The largest absolute Gasteiger partial charge is 0.507 e. The highest BCUT2D eigenvalue weighted by molar-refractivity contribution is 6.27. The van der Waals surface area contributed by atoms with Crippen LogP contribution in [0.25, 0.3) is 0 Å². The van der Waals surface area contributed by atoms with Crippen molar-refractivity contribution in [2.45, 2.75) is 38.6 Å². The maximum Gasteiger partial charge on any atom is 0.507 e. The molecule has 27 heavy (non-hydrogen) atoms. The Morgan fingerprint density at radius 2 is 1.74 bits per heavy atom. The highest BCUT2D eigenvalue weighted by atomic mass is 16.7. The fourth-order valence-electron chi connectivity index (χ4n) is 2.51. The molecule has 10 nitrogen and oxygen atoms in total. The summed E-state index contributed by atoms with van der Waals surface area (Å²) in [5, 5.41) is 23.5. The molecule has 1 aliphatic rings. The van der Waals surface area contributed by atoms with Gasteiger partial charge in [-0.3, -0.25) is 9.74 Å². The summed E-state index contributed by atoms with van der Waals surface area (Å²) in [5.41, 5.74) is 4.17. The zero-order chi connectivity index (χ0) is 20.2. The number of rotatable bonds is 6. The van der Waals surface area contributed by atoms with Crippen LogP contribution in [0, 0.1) is 0 Å². The highest BCUT2D eigenvalue weighted by Gasteiger charge is 2.29. The second kappa shape index (κ2) is 11.8. The van der Waals surface area contributed by atoms with Gasteiger partial charge in [-0.2, -0.15) is 5.48 Å². The first-order valence-corrected chi connectivity index (χ1v) is 8.34. The zero-order valence-electron chi connectivity index (χ0n) is 14.9. The number of hydrogen-bond donors (Lipinski definition) is 4. The first-order valence-electron chi connectivity index (χ1n) is 8.34. The van der Waals surface area contributed by atoms with E-state index in [1.165, 1.54) is 0 Å². The minimum Gasteiger partial charge on any atom is -0.473 e. The minimum absolute atomic E-state index is 0.183. The van der Waals surface area contributed by atoms with Crippen molar-refractivity contribution >= 4 is 18.1 Å². The molecule has 0 bridgehead atoms. The summed E-state index contributed by atoms with van der Waals surface area (Å²) in [7, 11) is 0. The Morgan fingerprint density at radius 3 is 2.26 bits per heavy atom. The van der Waals surface area contributed by atoms with Crippen LogP contribution in [0.5, 0.6) is 0 Å². The van der Waals surface area contributed by atoms with E-state index in [4.69, 9.17) is 34.5 Å².